The number of carbonyl (C=O) groups excluding carboxylic acids is 1. The summed E-state index contributed by atoms with van der Waals surface area (Å²) in [7, 11) is 0. The van der Waals surface area contributed by atoms with E-state index in [1.165, 1.54) is 0 Å². The van der Waals surface area contributed by atoms with Gasteiger partial charge in [0.15, 0.2) is 0 Å². The van der Waals surface area contributed by atoms with Crippen LogP contribution < -0.4 is 0 Å². The number of hydrogen-bond acceptors (Lipinski definition) is 3. The number of rotatable bonds is 2. The molecule has 0 N–H and O–H groups in total. The summed E-state index contributed by atoms with van der Waals surface area (Å²) in [5.74, 6) is 1.53. The predicted molar refractivity (Wildman–Crippen MR) is 54.6 cm³/mol. The van der Waals surface area contributed by atoms with Gasteiger partial charge in [0, 0.05) is 24.8 Å². The van der Waals surface area contributed by atoms with E-state index in [4.69, 9.17) is 0 Å². The fraction of sp³-hybridized carbons (Fsp3) is 0.300. The van der Waals surface area contributed by atoms with Crippen molar-refractivity contribution in [2.45, 2.75) is 20.4 Å². The molecule has 2 rings (SSSR count). The van der Waals surface area contributed by atoms with Gasteiger partial charge in [0.05, 0.1) is 0 Å². The molecule has 15 heavy (non-hydrogen) atoms. The first-order chi connectivity index (χ1) is 7.18. The number of nitrogens with zero attached hydrogens (tertiary/aromatic N) is 4. The monoisotopic (exact) mass is 204 g/mol. The molecule has 0 aromatic carbocycles. The van der Waals surface area contributed by atoms with Crippen molar-refractivity contribution in [2.24, 2.45) is 0 Å². The van der Waals surface area contributed by atoms with Gasteiger partial charge in [-0.05, 0) is 13.8 Å². The van der Waals surface area contributed by atoms with E-state index < -0.39 is 0 Å². The Bertz CT molecular complexity index is 483. The van der Waals surface area contributed by atoms with Crippen LogP contribution in [0.1, 0.15) is 16.4 Å². The highest BCUT2D eigenvalue weighted by atomic mass is 16.2. The first-order valence-corrected chi connectivity index (χ1v) is 4.69. The maximum Gasteiger partial charge on any atom is 0.252 e. The van der Waals surface area contributed by atoms with Crippen LogP contribution in [0.5, 0.6) is 0 Å². The third-order valence-corrected chi connectivity index (χ3v) is 2.32. The molecule has 0 saturated carbocycles. The maximum absolute atomic E-state index is 11.8. The van der Waals surface area contributed by atoms with Gasteiger partial charge in [-0.25, -0.2) is 9.97 Å². The standard InChI is InChI=1S/C10H12N4O/c1-8-11-3-5-13(8)7-10(15)14-6-4-12-9(14)2/h3-6H,7H2,1-2H3. The number of aryl methyl sites for hydroxylation is 2. The van der Waals surface area contributed by atoms with E-state index in [1.807, 2.05) is 11.5 Å². The van der Waals surface area contributed by atoms with Crippen molar-refractivity contribution in [2.75, 3.05) is 0 Å². The largest absolute Gasteiger partial charge is 0.326 e. The molecule has 0 aliphatic heterocycles. The summed E-state index contributed by atoms with van der Waals surface area (Å²) in [5.41, 5.74) is 0. The minimum atomic E-state index is -0.00824. The first-order valence-electron chi connectivity index (χ1n) is 4.69. The van der Waals surface area contributed by atoms with Gasteiger partial charge in [0.2, 0.25) is 0 Å². The Morgan fingerprint density at radius 1 is 1.20 bits per heavy atom. The molecule has 0 bridgehead atoms. The minimum absolute atomic E-state index is 0.00824. The average molecular weight is 204 g/mol. The fourth-order valence-corrected chi connectivity index (χ4v) is 1.43. The molecule has 2 aromatic rings. The molecule has 78 valence electrons. The highest BCUT2D eigenvalue weighted by Crippen LogP contribution is 2.00. The van der Waals surface area contributed by atoms with Crippen molar-refractivity contribution in [3.8, 4) is 0 Å². The number of aromatic nitrogens is 4. The summed E-state index contributed by atoms with van der Waals surface area (Å²) in [6.45, 7) is 3.97. The van der Waals surface area contributed by atoms with Gasteiger partial charge in [-0.1, -0.05) is 0 Å². The third-order valence-electron chi connectivity index (χ3n) is 2.32. The molecule has 0 spiro atoms. The quantitative estimate of drug-likeness (QED) is 0.734. The van der Waals surface area contributed by atoms with Crippen LogP contribution in [0.25, 0.3) is 0 Å². The van der Waals surface area contributed by atoms with Crippen molar-refractivity contribution >= 4 is 5.91 Å². The zero-order valence-corrected chi connectivity index (χ0v) is 8.71. The Kier molecular flexibility index (Phi) is 2.37. The molecule has 5 nitrogen and oxygen atoms in total. The van der Waals surface area contributed by atoms with Crippen molar-refractivity contribution in [1.82, 2.24) is 19.1 Å². The Labute approximate surface area is 87.4 Å². The molecule has 2 heterocycles. The Hall–Kier alpha value is -1.91. The summed E-state index contributed by atoms with van der Waals surface area (Å²) in [4.78, 5) is 19.9. The van der Waals surface area contributed by atoms with Gasteiger partial charge in [0.25, 0.3) is 5.91 Å². The number of hydrogen-bond donors (Lipinski definition) is 0. The second-order valence-corrected chi connectivity index (χ2v) is 3.34. The Balaban J connectivity index is 2.18. The van der Waals surface area contributed by atoms with Crippen molar-refractivity contribution in [3.05, 3.63) is 36.4 Å². The highest BCUT2D eigenvalue weighted by molar-refractivity contribution is 5.79. The highest BCUT2D eigenvalue weighted by Gasteiger charge is 2.09. The van der Waals surface area contributed by atoms with Gasteiger partial charge in [-0.15, -0.1) is 0 Å². The van der Waals surface area contributed by atoms with Gasteiger partial charge >= 0.3 is 0 Å². The van der Waals surface area contributed by atoms with E-state index in [-0.39, 0.29) is 5.91 Å². The van der Waals surface area contributed by atoms with Gasteiger partial charge < -0.3 is 4.57 Å². The Morgan fingerprint density at radius 2 is 1.87 bits per heavy atom. The second-order valence-electron chi connectivity index (χ2n) is 3.34. The smallest absolute Gasteiger partial charge is 0.252 e. The molecule has 2 aromatic heterocycles. The van der Waals surface area contributed by atoms with Crippen LogP contribution in [0.2, 0.25) is 0 Å². The molecule has 0 unspecified atom stereocenters. The van der Waals surface area contributed by atoms with Crippen LogP contribution in [0.4, 0.5) is 0 Å². The summed E-state index contributed by atoms with van der Waals surface area (Å²) in [6.07, 6.45) is 6.76. The van der Waals surface area contributed by atoms with E-state index in [0.29, 0.717) is 12.4 Å². The lowest BCUT2D eigenvalue weighted by Crippen LogP contribution is -2.18. The molecule has 0 saturated heterocycles. The van der Waals surface area contributed by atoms with Gasteiger partial charge in [-0.2, -0.15) is 0 Å². The molecule has 0 fully saturated rings. The van der Waals surface area contributed by atoms with E-state index in [1.54, 1.807) is 36.3 Å². The van der Waals surface area contributed by atoms with Crippen LogP contribution in [0.3, 0.4) is 0 Å². The fourth-order valence-electron chi connectivity index (χ4n) is 1.43. The molecular weight excluding hydrogens is 192 g/mol. The number of carbonyl (C=O) groups is 1. The lowest BCUT2D eigenvalue weighted by atomic mass is 10.5. The second kappa shape index (κ2) is 3.68. The zero-order chi connectivity index (χ0) is 10.8. The van der Waals surface area contributed by atoms with Crippen LogP contribution >= 0.6 is 0 Å². The predicted octanol–water partition coefficient (Wildman–Crippen LogP) is 1.04. The van der Waals surface area contributed by atoms with E-state index in [9.17, 15) is 4.79 Å². The summed E-state index contributed by atoms with van der Waals surface area (Å²) >= 11 is 0. The molecule has 5 heteroatoms. The number of imidazole rings is 2. The summed E-state index contributed by atoms with van der Waals surface area (Å²) in [6, 6.07) is 0. The average Bonchev–Trinajstić information content (AvgIpc) is 2.76. The van der Waals surface area contributed by atoms with Crippen molar-refractivity contribution < 1.29 is 4.79 Å². The molecule has 0 aliphatic rings. The maximum atomic E-state index is 11.8. The van der Waals surface area contributed by atoms with Crippen molar-refractivity contribution in [1.29, 1.82) is 0 Å². The lowest BCUT2D eigenvalue weighted by molar-refractivity contribution is 0.0888. The summed E-state index contributed by atoms with van der Waals surface area (Å²) in [5, 5.41) is 0. The zero-order valence-electron chi connectivity index (χ0n) is 8.71. The SMILES string of the molecule is Cc1nccn1CC(=O)n1ccnc1C. The molecular formula is C10H12N4O. The van der Waals surface area contributed by atoms with Gasteiger partial charge in [-0.3, -0.25) is 9.36 Å². The molecule has 0 radical (unpaired) electrons. The first kappa shape index (κ1) is 9.64. The Morgan fingerprint density at radius 3 is 2.40 bits per heavy atom. The van der Waals surface area contributed by atoms with E-state index >= 15 is 0 Å². The van der Waals surface area contributed by atoms with E-state index in [0.717, 1.165) is 5.82 Å². The topological polar surface area (TPSA) is 52.7 Å². The third kappa shape index (κ3) is 1.81. The molecule has 0 amide bonds. The summed E-state index contributed by atoms with van der Waals surface area (Å²) < 4.78 is 3.35. The van der Waals surface area contributed by atoms with Crippen molar-refractivity contribution in [3.63, 3.8) is 0 Å². The normalized spacial score (nSPS) is 10.5. The lowest BCUT2D eigenvalue weighted by Gasteiger charge is -2.05. The molecule has 0 atom stereocenters. The van der Waals surface area contributed by atoms with Crippen LogP contribution in [0.15, 0.2) is 24.8 Å². The van der Waals surface area contributed by atoms with Crippen LogP contribution in [0, 0.1) is 13.8 Å². The van der Waals surface area contributed by atoms with Gasteiger partial charge in [0.1, 0.15) is 18.2 Å². The minimum Gasteiger partial charge on any atom is -0.326 e. The van der Waals surface area contributed by atoms with E-state index in [2.05, 4.69) is 9.97 Å². The van der Waals surface area contributed by atoms with Crippen LogP contribution in [-0.2, 0) is 6.54 Å². The molecule has 0 aliphatic carbocycles. The van der Waals surface area contributed by atoms with Crippen LogP contribution in [-0.4, -0.2) is 25.0 Å².